The number of aromatic nitrogens is 4. The predicted octanol–water partition coefficient (Wildman–Crippen LogP) is 2.28. The number of rotatable bonds is 2. The van der Waals surface area contributed by atoms with E-state index in [0.29, 0.717) is 11.3 Å². The van der Waals surface area contributed by atoms with Gasteiger partial charge in [0, 0.05) is 9.35 Å². The summed E-state index contributed by atoms with van der Waals surface area (Å²) in [5.41, 5.74) is 7.15. The Morgan fingerprint density at radius 1 is 1.35 bits per heavy atom. The molecule has 0 saturated carbocycles. The second-order valence-corrected chi connectivity index (χ2v) is 5.35. The van der Waals surface area contributed by atoms with Gasteiger partial charge >= 0.3 is 0 Å². The van der Waals surface area contributed by atoms with E-state index in [4.69, 9.17) is 5.73 Å². The fraction of sp³-hybridized carbons (Fsp3) is 0.100. The number of anilines is 1. The van der Waals surface area contributed by atoms with Gasteiger partial charge in [0.15, 0.2) is 11.5 Å². The van der Waals surface area contributed by atoms with E-state index in [-0.39, 0.29) is 0 Å². The number of fused-ring (bicyclic) bond motifs is 1. The number of thiophene rings is 1. The van der Waals surface area contributed by atoms with Crippen LogP contribution >= 0.6 is 27.3 Å². The first-order chi connectivity index (χ1) is 8.25. The third-order valence-electron chi connectivity index (χ3n) is 2.43. The van der Waals surface area contributed by atoms with Crippen molar-refractivity contribution >= 4 is 44.2 Å². The zero-order valence-corrected chi connectivity index (χ0v) is 11.1. The molecule has 0 fully saturated rings. The van der Waals surface area contributed by atoms with Gasteiger partial charge in [-0.15, -0.1) is 11.3 Å². The Morgan fingerprint density at radius 3 is 3.00 bits per heavy atom. The molecule has 0 atom stereocenters. The molecule has 0 saturated heterocycles. The molecule has 0 aromatic carbocycles. The first-order valence-electron chi connectivity index (χ1n) is 4.89. The Balaban J connectivity index is 2.07. The monoisotopic (exact) mass is 309 g/mol. The highest BCUT2D eigenvalue weighted by Gasteiger charge is 2.09. The Kier molecular flexibility index (Phi) is 2.56. The van der Waals surface area contributed by atoms with Crippen molar-refractivity contribution in [2.45, 2.75) is 6.54 Å². The number of hydrogen-bond acceptors (Lipinski definition) is 5. The first kappa shape index (κ1) is 10.7. The molecule has 0 amide bonds. The average Bonchev–Trinajstić information content (AvgIpc) is 2.89. The van der Waals surface area contributed by atoms with E-state index < -0.39 is 0 Å². The van der Waals surface area contributed by atoms with Crippen LogP contribution in [0.4, 0.5) is 5.82 Å². The molecule has 86 valence electrons. The van der Waals surface area contributed by atoms with Gasteiger partial charge in [-0.25, -0.2) is 15.0 Å². The Bertz CT molecular complexity index is 674. The summed E-state index contributed by atoms with van der Waals surface area (Å²) in [5.74, 6) is 0.416. The van der Waals surface area contributed by atoms with E-state index in [1.165, 1.54) is 11.2 Å². The van der Waals surface area contributed by atoms with Gasteiger partial charge in [0.2, 0.25) is 0 Å². The number of halogens is 1. The fourth-order valence-corrected chi connectivity index (χ4v) is 3.08. The third kappa shape index (κ3) is 1.81. The topological polar surface area (TPSA) is 69.6 Å². The summed E-state index contributed by atoms with van der Waals surface area (Å²) in [6.45, 7) is 0.727. The minimum absolute atomic E-state index is 0.416. The van der Waals surface area contributed by atoms with Gasteiger partial charge in [0.25, 0.3) is 0 Å². The second kappa shape index (κ2) is 4.08. The van der Waals surface area contributed by atoms with Crippen LogP contribution < -0.4 is 5.73 Å². The minimum Gasteiger partial charge on any atom is -0.382 e. The smallest absolute Gasteiger partial charge is 0.165 e. The zero-order valence-electron chi connectivity index (χ0n) is 8.67. The number of hydrogen-bond donors (Lipinski definition) is 1. The summed E-state index contributed by atoms with van der Waals surface area (Å²) in [7, 11) is 0. The highest BCUT2D eigenvalue weighted by atomic mass is 79.9. The minimum atomic E-state index is 0.416. The maximum Gasteiger partial charge on any atom is 0.165 e. The van der Waals surface area contributed by atoms with E-state index in [1.807, 2.05) is 16.0 Å². The molecule has 3 aromatic heterocycles. The molecule has 0 aliphatic rings. The number of nitrogens with two attached hydrogens (primary N) is 1. The molecule has 0 bridgehead atoms. The Morgan fingerprint density at radius 2 is 2.24 bits per heavy atom. The lowest BCUT2D eigenvalue weighted by Gasteiger charge is -2.02. The quantitative estimate of drug-likeness (QED) is 0.788. The third-order valence-corrected chi connectivity index (χ3v) is 4.35. The van der Waals surface area contributed by atoms with Crippen molar-refractivity contribution in [2.24, 2.45) is 0 Å². The molecule has 0 unspecified atom stereocenters. The van der Waals surface area contributed by atoms with E-state index in [1.54, 1.807) is 17.7 Å². The van der Waals surface area contributed by atoms with Crippen LogP contribution in [0.5, 0.6) is 0 Å². The van der Waals surface area contributed by atoms with Crippen LogP contribution in [0.2, 0.25) is 0 Å². The van der Waals surface area contributed by atoms with Gasteiger partial charge in [-0.3, -0.25) is 0 Å². The van der Waals surface area contributed by atoms with Crippen molar-refractivity contribution in [1.29, 1.82) is 0 Å². The van der Waals surface area contributed by atoms with Crippen LogP contribution in [0.1, 0.15) is 4.88 Å². The van der Waals surface area contributed by atoms with Crippen molar-refractivity contribution in [1.82, 2.24) is 19.5 Å². The van der Waals surface area contributed by atoms with Crippen molar-refractivity contribution in [2.75, 3.05) is 5.73 Å². The lowest BCUT2D eigenvalue weighted by Crippen LogP contribution is -1.99. The van der Waals surface area contributed by atoms with Crippen LogP contribution in [0, 0.1) is 0 Å². The van der Waals surface area contributed by atoms with Gasteiger partial charge in [-0.1, -0.05) is 0 Å². The summed E-state index contributed by atoms with van der Waals surface area (Å²) in [6.07, 6.45) is 3.20. The highest BCUT2D eigenvalue weighted by molar-refractivity contribution is 9.10. The van der Waals surface area contributed by atoms with E-state index in [9.17, 15) is 0 Å². The second-order valence-electron chi connectivity index (χ2n) is 3.50. The standard InChI is InChI=1S/C10H8BrN5S/c11-6-1-2-17-7(6)3-16-5-15-8-9(12)13-4-14-10(8)16/h1-2,4-5H,3H2,(H2,12,13,14). The average molecular weight is 310 g/mol. The molecule has 5 nitrogen and oxygen atoms in total. The Hall–Kier alpha value is -1.47. The van der Waals surface area contributed by atoms with Crippen LogP contribution in [0.15, 0.2) is 28.6 Å². The number of imidazole rings is 1. The van der Waals surface area contributed by atoms with Crippen molar-refractivity contribution in [3.63, 3.8) is 0 Å². The van der Waals surface area contributed by atoms with Crippen LogP contribution in [0.3, 0.4) is 0 Å². The molecular weight excluding hydrogens is 302 g/mol. The van der Waals surface area contributed by atoms with Crippen LogP contribution in [-0.4, -0.2) is 19.5 Å². The highest BCUT2D eigenvalue weighted by Crippen LogP contribution is 2.25. The number of nitrogen functional groups attached to an aromatic ring is 1. The van der Waals surface area contributed by atoms with E-state index >= 15 is 0 Å². The molecule has 17 heavy (non-hydrogen) atoms. The van der Waals surface area contributed by atoms with E-state index in [2.05, 4.69) is 30.9 Å². The molecule has 3 heterocycles. The summed E-state index contributed by atoms with van der Waals surface area (Å²) in [6, 6.07) is 2.03. The number of nitrogens with zero attached hydrogens (tertiary/aromatic N) is 4. The van der Waals surface area contributed by atoms with Gasteiger partial charge in [0.1, 0.15) is 11.8 Å². The van der Waals surface area contributed by atoms with Gasteiger partial charge in [-0.2, -0.15) is 0 Å². The molecule has 0 aliphatic heterocycles. The summed E-state index contributed by atoms with van der Waals surface area (Å²) in [5, 5.41) is 2.04. The zero-order chi connectivity index (χ0) is 11.8. The van der Waals surface area contributed by atoms with Crippen LogP contribution in [0.25, 0.3) is 11.2 Å². The first-order valence-corrected chi connectivity index (χ1v) is 6.56. The van der Waals surface area contributed by atoms with E-state index in [0.717, 1.165) is 16.7 Å². The molecule has 3 aromatic rings. The Labute approximate surface area is 109 Å². The largest absolute Gasteiger partial charge is 0.382 e. The van der Waals surface area contributed by atoms with Gasteiger partial charge in [0.05, 0.1) is 12.9 Å². The molecule has 0 radical (unpaired) electrons. The summed E-state index contributed by atoms with van der Waals surface area (Å²) < 4.78 is 3.07. The molecule has 2 N–H and O–H groups in total. The molecule has 7 heteroatoms. The SMILES string of the molecule is Nc1ncnc2c1ncn2Cc1sccc1Br. The molecular formula is C10H8BrN5S. The van der Waals surface area contributed by atoms with Gasteiger partial charge in [-0.05, 0) is 27.4 Å². The predicted molar refractivity (Wildman–Crippen MR) is 70.9 cm³/mol. The fourth-order valence-electron chi connectivity index (χ4n) is 1.61. The summed E-state index contributed by atoms with van der Waals surface area (Å²) in [4.78, 5) is 13.6. The van der Waals surface area contributed by atoms with Crippen molar-refractivity contribution in [3.8, 4) is 0 Å². The molecule has 3 rings (SSSR count). The van der Waals surface area contributed by atoms with Crippen molar-refractivity contribution in [3.05, 3.63) is 33.5 Å². The lowest BCUT2D eigenvalue weighted by atomic mass is 10.4. The molecule has 0 spiro atoms. The maximum atomic E-state index is 5.74. The van der Waals surface area contributed by atoms with Gasteiger partial charge < -0.3 is 10.3 Å². The molecule has 0 aliphatic carbocycles. The van der Waals surface area contributed by atoms with Crippen LogP contribution in [-0.2, 0) is 6.54 Å². The summed E-state index contributed by atoms with van der Waals surface area (Å²) >= 11 is 5.20. The maximum absolute atomic E-state index is 5.74. The van der Waals surface area contributed by atoms with Crippen molar-refractivity contribution < 1.29 is 0 Å². The lowest BCUT2D eigenvalue weighted by molar-refractivity contribution is 0.823. The normalized spacial score (nSPS) is 11.1.